The van der Waals surface area contributed by atoms with Gasteiger partial charge in [0.25, 0.3) is 0 Å². The lowest BCUT2D eigenvalue weighted by atomic mass is 10.1. The van der Waals surface area contributed by atoms with E-state index in [1.165, 1.54) is 7.11 Å². The van der Waals surface area contributed by atoms with Crippen LogP contribution in [-0.4, -0.2) is 31.4 Å². The van der Waals surface area contributed by atoms with Crippen molar-refractivity contribution in [2.75, 3.05) is 13.7 Å². The molecule has 6 nitrogen and oxygen atoms in total. The number of amides is 2. The molecule has 0 bridgehead atoms. The van der Waals surface area contributed by atoms with E-state index in [1.54, 1.807) is 24.3 Å². The van der Waals surface area contributed by atoms with Crippen molar-refractivity contribution in [2.45, 2.75) is 38.1 Å². The second-order valence-corrected chi connectivity index (χ2v) is 7.01. The molecule has 2 rings (SSSR count). The SMILES string of the molecule is COC(=O)[C@@H](NC(=O)CCNC(=O)C1CCCC1)c1ccc(Br)cc1. The molecule has 1 aromatic carbocycles. The zero-order valence-corrected chi connectivity index (χ0v) is 15.8. The summed E-state index contributed by atoms with van der Waals surface area (Å²) in [6.07, 6.45) is 4.14. The summed E-state index contributed by atoms with van der Waals surface area (Å²) in [7, 11) is 1.28. The summed E-state index contributed by atoms with van der Waals surface area (Å²) < 4.78 is 5.65. The highest BCUT2D eigenvalue weighted by atomic mass is 79.9. The van der Waals surface area contributed by atoms with Crippen LogP contribution in [0.15, 0.2) is 28.7 Å². The molecule has 2 amide bonds. The van der Waals surface area contributed by atoms with E-state index >= 15 is 0 Å². The van der Waals surface area contributed by atoms with Crippen LogP contribution in [0.5, 0.6) is 0 Å². The number of hydrogen-bond donors (Lipinski definition) is 2. The Morgan fingerprint density at radius 2 is 1.84 bits per heavy atom. The summed E-state index contributed by atoms with van der Waals surface area (Å²) in [6.45, 7) is 0.259. The third kappa shape index (κ3) is 5.85. The van der Waals surface area contributed by atoms with E-state index in [4.69, 9.17) is 4.74 Å². The van der Waals surface area contributed by atoms with Crippen LogP contribution in [0.2, 0.25) is 0 Å². The number of rotatable bonds is 7. The van der Waals surface area contributed by atoms with Crippen molar-refractivity contribution in [3.8, 4) is 0 Å². The van der Waals surface area contributed by atoms with Crippen LogP contribution in [0.1, 0.15) is 43.7 Å². The van der Waals surface area contributed by atoms with Crippen molar-refractivity contribution in [3.05, 3.63) is 34.3 Å². The first-order valence-electron chi connectivity index (χ1n) is 8.41. The van der Waals surface area contributed by atoms with Crippen LogP contribution in [0, 0.1) is 5.92 Å². The van der Waals surface area contributed by atoms with Gasteiger partial charge in [-0.3, -0.25) is 9.59 Å². The molecule has 0 aliphatic heterocycles. The smallest absolute Gasteiger partial charge is 0.333 e. The third-order valence-electron chi connectivity index (χ3n) is 4.32. The minimum atomic E-state index is -0.865. The van der Waals surface area contributed by atoms with Crippen molar-refractivity contribution >= 4 is 33.7 Å². The highest BCUT2D eigenvalue weighted by Gasteiger charge is 2.24. The molecule has 25 heavy (non-hydrogen) atoms. The van der Waals surface area contributed by atoms with Crippen molar-refractivity contribution in [1.82, 2.24) is 10.6 Å². The van der Waals surface area contributed by atoms with Gasteiger partial charge in [0, 0.05) is 23.4 Å². The predicted octanol–water partition coefficient (Wildman–Crippen LogP) is 2.48. The van der Waals surface area contributed by atoms with Gasteiger partial charge in [-0.2, -0.15) is 0 Å². The maximum atomic E-state index is 12.1. The fourth-order valence-corrected chi connectivity index (χ4v) is 3.18. The molecule has 7 heteroatoms. The largest absolute Gasteiger partial charge is 0.467 e. The molecule has 1 fully saturated rings. The maximum Gasteiger partial charge on any atom is 0.333 e. The van der Waals surface area contributed by atoms with Gasteiger partial charge < -0.3 is 15.4 Å². The quantitative estimate of drug-likeness (QED) is 0.676. The fraction of sp³-hybridized carbons (Fsp3) is 0.500. The van der Waals surface area contributed by atoms with E-state index in [9.17, 15) is 14.4 Å². The van der Waals surface area contributed by atoms with Crippen molar-refractivity contribution in [3.63, 3.8) is 0 Å². The molecule has 1 aromatic rings. The normalized spacial score (nSPS) is 15.4. The number of halogens is 1. The van der Waals surface area contributed by atoms with Gasteiger partial charge in [0.05, 0.1) is 7.11 Å². The molecule has 2 N–H and O–H groups in total. The lowest BCUT2D eigenvalue weighted by Gasteiger charge is -2.17. The van der Waals surface area contributed by atoms with Gasteiger partial charge in [0.1, 0.15) is 0 Å². The highest BCUT2D eigenvalue weighted by molar-refractivity contribution is 9.10. The van der Waals surface area contributed by atoms with Gasteiger partial charge in [-0.25, -0.2) is 4.79 Å². The molecular weight excluding hydrogens is 388 g/mol. The minimum Gasteiger partial charge on any atom is -0.467 e. The number of methoxy groups -OCH3 is 1. The lowest BCUT2D eigenvalue weighted by molar-refractivity contribution is -0.145. The second-order valence-electron chi connectivity index (χ2n) is 6.10. The molecule has 1 aliphatic carbocycles. The van der Waals surface area contributed by atoms with E-state index in [2.05, 4.69) is 26.6 Å². The Kier molecular flexibility index (Phi) is 7.43. The summed E-state index contributed by atoms with van der Waals surface area (Å²) in [5.41, 5.74) is 0.637. The van der Waals surface area contributed by atoms with Gasteiger partial charge in [-0.05, 0) is 30.5 Å². The molecule has 0 radical (unpaired) electrons. The van der Waals surface area contributed by atoms with Gasteiger partial charge in [-0.1, -0.05) is 40.9 Å². The monoisotopic (exact) mass is 410 g/mol. The van der Waals surface area contributed by atoms with E-state index < -0.39 is 12.0 Å². The molecule has 0 saturated heterocycles. The second kappa shape index (κ2) is 9.56. The topological polar surface area (TPSA) is 84.5 Å². The Morgan fingerprint density at radius 3 is 2.44 bits per heavy atom. The third-order valence-corrected chi connectivity index (χ3v) is 4.85. The molecule has 0 unspecified atom stereocenters. The van der Waals surface area contributed by atoms with Crippen molar-refractivity contribution in [2.24, 2.45) is 5.92 Å². The first-order valence-corrected chi connectivity index (χ1v) is 9.21. The van der Waals surface area contributed by atoms with Crippen LogP contribution in [-0.2, 0) is 19.1 Å². The predicted molar refractivity (Wildman–Crippen MR) is 96.6 cm³/mol. The van der Waals surface area contributed by atoms with Crippen LogP contribution >= 0.6 is 15.9 Å². The number of benzene rings is 1. The molecule has 1 atom stereocenters. The number of ether oxygens (including phenoxy) is 1. The first kappa shape index (κ1) is 19.4. The van der Waals surface area contributed by atoms with Crippen LogP contribution < -0.4 is 10.6 Å². The molecule has 0 aromatic heterocycles. The Morgan fingerprint density at radius 1 is 1.20 bits per heavy atom. The molecule has 0 spiro atoms. The van der Waals surface area contributed by atoms with E-state index in [-0.39, 0.29) is 30.7 Å². The molecule has 136 valence electrons. The summed E-state index contributed by atoms with van der Waals surface area (Å²) in [6, 6.07) is 6.20. The first-order chi connectivity index (χ1) is 12.0. The number of nitrogens with one attached hydrogen (secondary N) is 2. The average Bonchev–Trinajstić information content (AvgIpc) is 3.14. The highest BCUT2D eigenvalue weighted by Crippen LogP contribution is 2.24. The van der Waals surface area contributed by atoms with Crippen LogP contribution in [0.25, 0.3) is 0 Å². The van der Waals surface area contributed by atoms with Gasteiger partial charge in [0.2, 0.25) is 11.8 Å². The van der Waals surface area contributed by atoms with Gasteiger partial charge in [-0.15, -0.1) is 0 Å². The summed E-state index contributed by atoms with van der Waals surface area (Å²) in [5, 5.41) is 5.46. The Bertz CT molecular complexity index is 612. The molecular formula is C18H23BrN2O4. The molecule has 1 saturated carbocycles. The summed E-state index contributed by atoms with van der Waals surface area (Å²) in [4.78, 5) is 36.0. The van der Waals surface area contributed by atoms with Crippen molar-refractivity contribution in [1.29, 1.82) is 0 Å². The minimum absolute atomic E-state index is 0.0164. The zero-order valence-electron chi connectivity index (χ0n) is 14.2. The van der Waals surface area contributed by atoms with E-state index in [0.717, 1.165) is 30.2 Å². The number of hydrogen-bond acceptors (Lipinski definition) is 4. The van der Waals surface area contributed by atoms with Gasteiger partial charge >= 0.3 is 5.97 Å². The standard InChI is InChI=1S/C18H23BrN2O4/c1-25-18(24)16(12-6-8-14(19)9-7-12)21-15(22)10-11-20-17(23)13-4-2-3-5-13/h6-9,13,16H,2-5,10-11H2,1H3,(H,20,23)(H,21,22)/t16-/m0/s1. The zero-order chi connectivity index (χ0) is 18.2. The number of carbonyl (C=O) groups is 3. The number of esters is 1. The summed E-state index contributed by atoms with van der Waals surface area (Å²) >= 11 is 3.33. The Labute approximate surface area is 155 Å². The Hall–Kier alpha value is -1.89. The maximum absolute atomic E-state index is 12.1. The Balaban J connectivity index is 1.85. The van der Waals surface area contributed by atoms with Gasteiger partial charge in [0.15, 0.2) is 6.04 Å². The molecule has 1 aliphatic rings. The lowest BCUT2D eigenvalue weighted by Crippen LogP contribution is -2.37. The number of carbonyl (C=O) groups excluding carboxylic acids is 3. The molecule has 0 heterocycles. The van der Waals surface area contributed by atoms with E-state index in [1.807, 2.05) is 0 Å². The van der Waals surface area contributed by atoms with Crippen LogP contribution in [0.4, 0.5) is 0 Å². The average molecular weight is 411 g/mol. The van der Waals surface area contributed by atoms with E-state index in [0.29, 0.717) is 5.56 Å². The van der Waals surface area contributed by atoms with Crippen LogP contribution in [0.3, 0.4) is 0 Å². The summed E-state index contributed by atoms with van der Waals surface area (Å²) in [5.74, 6) is -0.757. The fourth-order valence-electron chi connectivity index (χ4n) is 2.92. The van der Waals surface area contributed by atoms with Crippen molar-refractivity contribution < 1.29 is 19.1 Å².